The normalized spacial score (nSPS) is 15.8. The summed E-state index contributed by atoms with van der Waals surface area (Å²) in [7, 11) is 3.38. The van der Waals surface area contributed by atoms with Gasteiger partial charge in [0, 0.05) is 28.7 Å². The number of ether oxygens (including phenoxy) is 2. The Hall–Kier alpha value is -2.79. The molecule has 0 amide bonds. The molecule has 5 nitrogen and oxygen atoms in total. The quantitative estimate of drug-likeness (QED) is 0.514. The summed E-state index contributed by atoms with van der Waals surface area (Å²) in [4.78, 5) is 7.72. The van der Waals surface area contributed by atoms with Crippen LogP contribution in [0.1, 0.15) is 36.8 Å². The smallest absolute Gasteiger partial charge is 0.161 e. The van der Waals surface area contributed by atoms with E-state index < -0.39 is 0 Å². The molecule has 0 spiro atoms. The van der Waals surface area contributed by atoms with E-state index in [0.29, 0.717) is 0 Å². The average molecular weight is 432 g/mol. The van der Waals surface area contributed by atoms with Gasteiger partial charge in [-0.25, -0.2) is 4.98 Å². The molecule has 0 unspecified atom stereocenters. The number of para-hydroxylation sites is 1. The second-order valence-electron chi connectivity index (χ2n) is 8.88. The Morgan fingerprint density at radius 2 is 1.75 bits per heavy atom. The number of hydrogen-bond acceptors (Lipinski definition) is 5. The van der Waals surface area contributed by atoms with E-state index >= 15 is 0 Å². The van der Waals surface area contributed by atoms with Crippen molar-refractivity contribution >= 4 is 16.6 Å². The summed E-state index contributed by atoms with van der Waals surface area (Å²) < 4.78 is 11.1. The number of piperidine rings is 1. The fourth-order valence-corrected chi connectivity index (χ4v) is 5.23. The van der Waals surface area contributed by atoms with Gasteiger partial charge >= 0.3 is 0 Å². The number of pyridine rings is 1. The third-order valence-electron chi connectivity index (χ3n) is 6.90. The number of benzene rings is 2. The monoisotopic (exact) mass is 431 g/mol. The summed E-state index contributed by atoms with van der Waals surface area (Å²) in [5.41, 5.74) is 7.11. The van der Waals surface area contributed by atoms with Crippen molar-refractivity contribution in [2.75, 3.05) is 45.7 Å². The van der Waals surface area contributed by atoms with Gasteiger partial charge in [-0.2, -0.15) is 0 Å². The predicted octanol–water partition coefficient (Wildman–Crippen LogP) is 5.31. The van der Waals surface area contributed by atoms with Crippen molar-refractivity contribution in [1.82, 2.24) is 9.88 Å². The topological polar surface area (TPSA) is 46.6 Å². The molecular formula is C27H33N3O2. The minimum atomic E-state index is 0.755. The molecule has 1 fully saturated rings. The number of anilines is 1. The molecule has 1 aliphatic carbocycles. The molecule has 32 heavy (non-hydrogen) atoms. The SMILES string of the molecule is COc1cc2c(cc1OC)-c1nc3ccccc3c(NCCCN3CCCCC3)c1CC2. The number of nitrogens with zero attached hydrogens (tertiary/aromatic N) is 2. The van der Waals surface area contributed by atoms with E-state index in [2.05, 4.69) is 46.6 Å². The van der Waals surface area contributed by atoms with Crippen molar-refractivity contribution in [3.8, 4) is 22.8 Å². The molecule has 2 aromatic carbocycles. The van der Waals surface area contributed by atoms with Crippen molar-refractivity contribution in [1.29, 1.82) is 0 Å². The molecule has 0 atom stereocenters. The second kappa shape index (κ2) is 9.37. The Morgan fingerprint density at radius 3 is 2.56 bits per heavy atom. The van der Waals surface area contributed by atoms with Gasteiger partial charge in [0.2, 0.25) is 0 Å². The van der Waals surface area contributed by atoms with Crippen LogP contribution in [0.4, 0.5) is 5.69 Å². The maximum Gasteiger partial charge on any atom is 0.161 e. The lowest BCUT2D eigenvalue weighted by atomic mass is 9.86. The van der Waals surface area contributed by atoms with Crippen LogP contribution < -0.4 is 14.8 Å². The Bertz CT molecular complexity index is 1110. The standard InChI is InChI=1S/C27H33N3O2/c1-31-24-17-19-11-12-21-26(28-13-8-16-30-14-6-3-7-15-30)20-9-4-5-10-23(20)29-27(21)22(19)18-25(24)32-2/h4-5,9-10,17-18H,3,6-8,11-16H2,1-2H3,(H,28,29). The van der Waals surface area contributed by atoms with E-state index in [-0.39, 0.29) is 0 Å². The Labute approximate surface area is 190 Å². The fraction of sp³-hybridized carbons (Fsp3) is 0.444. The van der Waals surface area contributed by atoms with Gasteiger partial charge in [0.25, 0.3) is 0 Å². The van der Waals surface area contributed by atoms with Gasteiger partial charge in [0.15, 0.2) is 11.5 Å². The maximum absolute atomic E-state index is 5.60. The van der Waals surface area contributed by atoms with Crippen molar-refractivity contribution in [3.63, 3.8) is 0 Å². The first kappa shape index (κ1) is 21.1. The van der Waals surface area contributed by atoms with E-state index in [1.54, 1.807) is 14.2 Å². The molecule has 1 saturated heterocycles. The van der Waals surface area contributed by atoms with E-state index in [0.717, 1.165) is 54.1 Å². The molecule has 0 bridgehead atoms. The van der Waals surface area contributed by atoms with Crippen LogP contribution in [0, 0.1) is 0 Å². The van der Waals surface area contributed by atoms with Crippen molar-refractivity contribution in [3.05, 3.63) is 47.5 Å². The van der Waals surface area contributed by atoms with Crippen molar-refractivity contribution in [2.45, 2.75) is 38.5 Å². The molecule has 2 heterocycles. The minimum absolute atomic E-state index is 0.755. The van der Waals surface area contributed by atoms with Crippen LogP contribution in [-0.4, -0.2) is 50.3 Å². The minimum Gasteiger partial charge on any atom is -0.493 e. The molecule has 1 aromatic heterocycles. The average Bonchev–Trinajstić information content (AvgIpc) is 2.85. The van der Waals surface area contributed by atoms with E-state index in [1.807, 2.05) is 0 Å². The van der Waals surface area contributed by atoms with Gasteiger partial charge in [-0.3, -0.25) is 0 Å². The molecule has 5 heteroatoms. The van der Waals surface area contributed by atoms with Crippen molar-refractivity contribution in [2.24, 2.45) is 0 Å². The van der Waals surface area contributed by atoms with Crippen LogP contribution in [0.2, 0.25) is 0 Å². The lowest BCUT2D eigenvalue weighted by molar-refractivity contribution is 0.228. The van der Waals surface area contributed by atoms with Crippen LogP contribution in [0.15, 0.2) is 36.4 Å². The number of hydrogen-bond donors (Lipinski definition) is 1. The summed E-state index contributed by atoms with van der Waals surface area (Å²) in [6.45, 7) is 4.68. The highest BCUT2D eigenvalue weighted by Crippen LogP contribution is 2.43. The van der Waals surface area contributed by atoms with Crippen LogP contribution in [0.3, 0.4) is 0 Å². The first-order valence-corrected chi connectivity index (χ1v) is 11.9. The zero-order valence-corrected chi connectivity index (χ0v) is 19.2. The number of fused-ring (bicyclic) bond motifs is 4. The number of aromatic nitrogens is 1. The molecule has 2 aliphatic rings. The predicted molar refractivity (Wildman–Crippen MR) is 131 cm³/mol. The second-order valence-corrected chi connectivity index (χ2v) is 8.88. The molecule has 0 radical (unpaired) electrons. The van der Waals surface area contributed by atoms with Gasteiger partial charge < -0.3 is 19.7 Å². The summed E-state index contributed by atoms with van der Waals surface area (Å²) in [5, 5.41) is 5.03. The highest BCUT2D eigenvalue weighted by Gasteiger charge is 2.24. The van der Waals surface area contributed by atoms with Crippen LogP contribution >= 0.6 is 0 Å². The highest BCUT2D eigenvalue weighted by atomic mass is 16.5. The van der Waals surface area contributed by atoms with Crippen LogP contribution in [-0.2, 0) is 12.8 Å². The Balaban J connectivity index is 1.47. The summed E-state index contributed by atoms with van der Waals surface area (Å²) in [5.74, 6) is 1.54. The number of rotatable bonds is 7. The highest BCUT2D eigenvalue weighted by molar-refractivity contribution is 5.97. The molecular weight excluding hydrogens is 398 g/mol. The van der Waals surface area contributed by atoms with Crippen LogP contribution in [0.25, 0.3) is 22.2 Å². The summed E-state index contributed by atoms with van der Waals surface area (Å²) in [6, 6.07) is 12.7. The van der Waals surface area contributed by atoms with E-state index in [1.165, 1.54) is 61.1 Å². The van der Waals surface area contributed by atoms with Gasteiger partial charge in [-0.1, -0.05) is 24.6 Å². The Morgan fingerprint density at radius 1 is 0.969 bits per heavy atom. The third kappa shape index (κ3) is 4.02. The van der Waals surface area contributed by atoms with Gasteiger partial charge in [0.1, 0.15) is 0 Å². The molecule has 1 aliphatic heterocycles. The van der Waals surface area contributed by atoms with Crippen molar-refractivity contribution < 1.29 is 9.47 Å². The molecule has 0 saturated carbocycles. The molecule has 5 rings (SSSR count). The van der Waals surface area contributed by atoms with Gasteiger partial charge in [-0.15, -0.1) is 0 Å². The Kier molecular flexibility index (Phi) is 6.17. The summed E-state index contributed by atoms with van der Waals surface area (Å²) >= 11 is 0. The van der Waals surface area contributed by atoms with Gasteiger partial charge in [-0.05, 0) is 75.5 Å². The third-order valence-corrected chi connectivity index (χ3v) is 6.90. The molecule has 1 N–H and O–H groups in total. The zero-order chi connectivity index (χ0) is 21.9. The largest absolute Gasteiger partial charge is 0.493 e. The number of nitrogens with one attached hydrogen (secondary N) is 1. The number of aryl methyl sites for hydroxylation is 1. The van der Waals surface area contributed by atoms with Crippen LogP contribution in [0.5, 0.6) is 11.5 Å². The fourth-order valence-electron chi connectivity index (χ4n) is 5.23. The number of likely N-dealkylation sites (tertiary alicyclic amines) is 1. The first-order chi connectivity index (χ1) is 15.8. The maximum atomic E-state index is 5.60. The van der Waals surface area contributed by atoms with E-state index in [4.69, 9.17) is 14.5 Å². The first-order valence-electron chi connectivity index (χ1n) is 11.9. The lowest BCUT2D eigenvalue weighted by Crippen LogP contribution is -2.31. The summed E-state index contributed by atoms with van der Waals surface area (Å²) in [6.07, 6.45) is 7.21. The van der Waals surface area contributed by atoms with E-state index in [9.17, 15) is 0 Å². The van der Waals surface area contributed by atoms with Gasteiger partial charge in [0.05, 0.1) is 25.4 Å². The zero-order valence-electron chi connectivity index (χ0n) is 19.2. The number of methoxy groups -OCH3 is 2. The lowest BCUT2D eigenvalue weighted by Gasteiger charge is -2.27. The molecule has 3 aromatic rings. The molecule has 168 valence electrons.